The number of carbonyl (C=O) groups is 1. The van der Waals surface area contributed by atoms with Gasteiger partial charge in [-0.3, -0.25) is 9.78 Å². The number of amides is 1. The van der Waals surface area contributed by atoms with E-state index in [2.05, 4.69) is 10.3 Å². The number of rotatable bonds is 7. The zero-order valence-corrected chi connectivity index (χ0v) is 18.7. The highest BCUT2D eigenvalue weighted by molar-refractivity contribution is 6.08. The summed E-state index contributed by atoms with van der Waals surface area (Å²) in [6.45, 7) is 6.37. The van der Waals surface area contributed by atoms with Crippen molar-refractivity contribution in [1.29, 1.82) is 0 Å². The molecule has 0 aliphatic heterocycles. The number of fused-ring (bicyclic) bond motifs is 1. The number of hydrogen-bond donors (Lipinski definition) is 1. The Balaban J connectivity index is 1.71. The summed E-state index contributed by atoms with van der Waals surface area (Å²) in [4.78, 5) is 17.6. The van der Waals surface area contributed by atoms with Crippen molar-refractivity contribution in [1.82, 2.24) is 14.9 Å². The molecule has 33 heavy (non-hydrogen) atoms. The van der Waals surface area contributed by atoms with E-state index in [9.17, 15) is 13.6 Å². The van der Waals surface area contributed by atoms with Crippen LogP contribution in [-0.4, -0.2) is 21.6 Å². The van der Waals surface area contributed by atoms with Gasteiger partial charge in [0, 0.05) is 29.9 Å². The van der Waals surface area contributed by atoms with Gasteiger partial charge in [0.1, 0.15) is 5.75 Å². The number of halogens is 2. The van der Waals surface area contributed by atoms with Crippen molar-refractivity contribution in [3.8, 4) is 5.75 Å². The quantitative estimate of drug-likeness (QED) is 0.412. The molecule has 4 aromatic rings. The molecule has 2 heterocycles. The predicted molar refractivity (Wildman–Crippen MR) is 123 cm³/mol. The molecule has 0 aliphatic rings. The Morgan fingerprint density at radius 2 is 1.91 bits per heavy atom. The van der Waals surface area contributed by atoms with Gasteiger partial charge in [-0.15, -0.1) is 0 Å². The Hall–Kier alpha value is -3.74. The lowest BCUT2D eigenvalue weighted by Crippen LogP contribution is -2.23. The van der Waals surface area contributed by atoms with Crippen LogP contribution in [0.1, 0.15) is 41.2 Å². The van der Waals surface area contributed by atoms with Crippen LogP contribution in [0.25, 0.3) is 10.9 Å². The fourth-order valence-electron chi connectivity index (χ4n) is 3.87. The van der Waals surface area contributed by atoms with Crippen molar-refractivity contribution in [2.24, 2.45) is 0 Å². The van der Waals surface area contributed by atoms with E-state index in [0.29, 0.717) is 23.4 Å². The van der Waals surface area contributed by atoms with Crippen LogP contribution in [-0.2, 0) is 13.1 Å². The molecule has 2 aromatic heterocycles. The Bertz CT molecular complexity index is 1300. The molecule has 170 valence electrons. The number of nitrogens with zero attached hydrogens (tertiary/aromatic N) is 2. The minimum absolute atomic E-state index is 0.0154. The Kier molecular flexibility index (Phi) is 6.40. The third kappa shape index (κ3) is 4.87. The maximum Gasteiger partial charge on any atom is 0.254 e. The third-order valence-corrected chi connectivity index (χ3v) is 5.38. The molecule has 0 radical (unpaired) electrons. The number of pyridine rings is 1. The van der Waals surface area contributed by atoms with Crippen molar-refractivity contribution in [2.75, 3.05) is 0 Å². The lowest BCUT2D eigenvalue weighted by atomic mass is 10.1. The van der Waals surface area contributed by atoms with Crippen LogP contribution in [0.5, 0.6) is 5.75 Å². The summed E-state index contributed by atoms with van der Waals surface area (Å²) >= 11 is 0. The number of aromatic nitrogens is 2. The fraction of sp³-hybridized carbons (Fsp3) is 0.231. The van der Waals surface area contributed by atoms with Crippen molar-refractivity contribution in [2.45, 2.75) is 40.0 Å². The molecule has 1 amide bonds. The van der Waals surface area contributed by atoms with Gasteiger partial charge in [0.25, 0.3) is 5.91 Å². The van der Waals surface area contributed by atoms with Gasteiger partial charge in [-0.05, 0) is 62.7 Å². The summed E-state index contributed by atoms with van der Waals surface area (Å²) < 4.78 is 34.6. The average molecular weight is 450 g/mol. The highest BCUT2D eigenvalue weighted by Crippen LogP contribution is 2.30. The summed E-state index contributed by atoms with van der Waals surface area (Å²) in [5.41, 5.74) is 3.50. The van der Waals surface area contributed by atoms with Gasteiger partial charge in [0.2, 0.25) is 0 Å². The highest BCUT2D eigenvalue weighted by atomic mass is 19.2. The van der Waals surface area contributed by atoms with Crippen LogP contribution in [0.2, 0.25) is 0 Å². The lowest BCUT2D eigenvalue weighted by molar-refractivity contribution is 0.0951. The monoisotopic (exact) mass is 449 g/mol. The molecule has 0 aliphatic carbocycles. The standard InChI is InChI=1S/C26H25F2N3O2/c1-16(2)33-20-8-9-21-24(13-20)31(15-19-6-4-5-11-29-19)17(3)25(21)26(32)30-14-18-7-10-22(27)23(28)12-18/h4-13,16H,14-15H2,1-3H3,(H,30,32). The van der Waals surface area contributed by atoms with E-state index >= 15 is 0 Å². The first kappa shape index (κ1) is 22.5. The number of ether oxygens (including phenoxy) is 1. The topological polar surface area (TPSA) is 56.1 Å². The molecule has 4 rings (SSSR count). The molecular weight excluding hydrogens is 424 g/mol. The van der Waals surface area contributed by atoms with E-state index in [1.165, 1.54) is 6.07 Å². The summed E-state index contributed by atoms with van der Waals surface area (Å²) in [6, 6.07) is 15.0. The van der Waals surface area contributed by atoms with Crippen molar-refractivity contribution < 1.29 is 18.3 Å². The smallest absolute Gasteiger partial charge is 0.254 e. The fourth-order valence-corrected chi connectivity index (χ4v) is 3.87. The number of carbonyl (C=O) groups excluding carboxylic acids is 1. The molecule has 0 bridgehead atoms. The minimum Gasteiger partial charge on any atom is -0.491 e. The van der Waals surface area contributed by atoms with E-state index in [0.717, 1.165) is 34.4 Å². The van der Waals surface area contributed by atoms with E-state index in [-0.39, 0.29) is 18.6 Å². The zero-order valence-electron chi connectivity index (χ0n) is 18.7. The van der Waals surface area contributed by atoms with E-state index in [4.69, 9.17) is 4.74 Å². The second-order valence-corrected chi connectivity index (χ2v) is 8.14. The molecule has 1 N–H and O–H groups in total. The second kappa shape index (κ2) is 9.40. The van der Waals surface area contributed by atoms with Crippen LogP contribution in [0.4, 0.5) is 8.78 Å². The van der Waals surface area contributed by atoms with Crippen molar-refractivity contribution >= 4 is 16.8 Å². The van der Waals surface area contributed by atoms with Gasteiger partial charge in [-0.25, -0.2) is 8.78 Å². The molecule has 7 heteroatoms. The molecule has 0 spiro atoms. The lowest BCUT2D eigenvalue weighted by Gasteiger charge is -2.11. The first-order valence-electron chi connectivity index (χ1n) is 10.7. The number of nitrogens with one attached hydrogen (secondary N) is 1. The van der Waals surface area contributed by atoms with E-state index in [1.807, 2.05) is 61.7 Å². The van der Waals surface area contributed by atoms with Gasteiger partial charge < -0.3 is 14.6 Å². The average Bonchev–Trinajstić information content (AvgIpc) is 3.05. The second-order valence-electron chi connectivity index (χ2n) is 8.14. The van der Waals surface area contributed by atoms with Gasteiger partial charge in [0.05, 0.1) is 29.4 Å². The first-order chi connectivity index (χ1) is 15.8. The van der Waals surface area contributed by atoms with Crippen LogP contribution < -0.4 is 10.1 Å². The Morgan fingerprint density at radius 1 is 1.09 bits per heavy atom. The Morgan fingerprint density at radius 3 is 2.61 bits per heavy atom. The minimum atomic E-state index is -0.942. The van der Waals surface area contributed by atoms with Gasteiger partial charge >= 0.3 is 0 Å². The summed E-state index contributed by atoms with van der Waals surface area (Å²) in [5, 5.41) is 3.61. The van der Waals surface area contributed by atoms with Crippen LogP contribution >= 0.6 is 0 Å². The maximum atomic E-state index is 13.5. The van der Waals surface area contributed by atoms with Crippen molar-refractivity contribution in [3.05, 3.63) is 94.9 Å². The molecule has 0 fully saturated rings. The van der Waals surface area contributed by atoms with Gasteiger partial charge in [0.15, 0.2) is 11.6 Å². The molecule has 0 unspecified atom stereocenters. The predicted octanol–water partition coefficient (Wildman–Crippen LogP) is 5.39. The van der Waals surface area contributed by atoms with Crippen molar-refractivity contribution in [3.63, 3.8) is 0 Å². The highest BCUT2D eigenvalue weighted by Gasteiger charge is 2.21. The molecule has 0 atom stereocenters. The maximum absolute atomic E-state index is 13.5. The number of hydrogen-bond acceptors (Lipinski definition) is 3. The van der Waals surface area contributed by atoms with Gasteiger partial charge in [-0.1, -0.05) is 12.1 Å². The van der Waals surface area contributed by atoms with Crippen LogP contribution in [0.3, 0.4) is 0 Å². The molecular formula is C26H25F2N3O2. The summed E-state index contributed by atoms with van der Waals surface area (Å²) in [5.74, 6) is -1.44. The van der Waals surface area contributed by atoms with E-state index in [1.54, 1.807) is 6.20 Å². The summed E-state index contributed by atoms with van der Waals surface area (Å²) in [6.07, 6.45) is 1.75. The van der Waals surface area contributed by atoms with Crippen LogP contribution in [0, 0.1) is 18.6 Å². The van der Waals surface area contributed by atoms with E-state index < -0.39 is 11.6 Å². The third-order valence-electron chi connectivity index (χ3n) is 5.38. The van der Waals surface area contributed by atoms with Gasteiger partial charge in [-0.2, -0.15) is 0 Å². The normalized spacial score (nSPS) is 11.2. The SMILES string of the molecule is Cc1c(C(=O)NCc2ccc(F)c(F)c2)c2ccc(OC(C)C)cc2n1Cc1ccccn1. The zero-order chi connectivity index (χ0) is 23.5. The Labute approximate surface area is 191 Å². The molecule has 0 saturated heterocycles. The van der Waals surface area contributed by atoms with Crippen LogP contribution in [0.15, 0.2) is 60.8 Å². The molecule has 2 aromatic carbocycles. The first-order valence-corrected chi connectivity index (χ1v) is 10.7. The summed E-state index contributed by atoms with van der Waals surface area (Å²) in [7, 11) is 0. The number of benzene rings is 2. The molecule has 0 saturated carbocycles. The largest absolute Gasteiger partial charge is 0.491 e. The molecule has 5 nitrogen and oxygen atoms in total.